The summed E-state index contributed by atoms with van der Waals surface area (Å²) in [5.41, 5.74) is 2.58. The van der Waals surface area contributed by atoms with Gasteiger partial charge in [0, 0.05) is 29.3 Å². The minimum atomic E-state index is -0.938. The third-order valence-corrected chi connectivity index (χ3v) is 6.79. The molecule has 184 valence electrons. The van der Waals surface area contributed by atoms with Crippen LogP contribution in [0.1, 0.15) is 54.4 Å². The van der Waals surface area contributed by atoms with Crippen LogP contribution in [0, 0.1) is 0 Å². The first-order chi connectivity index (χ1) is 16.4. The van der Waals surface area contributed by atoms with Crippen molar-refractivity contribution >= 4 is 29.3 Å². The highest BCUT2D eigenvalue weighted by atomic mass is 32.2. The number of hydrogen-bond acceptors (Lipinski definition) is 6. The van der Waals surface area contributed by atoms with Crippen molar-refractivity contribution in [1.29, 1.82) is 0 Å². The molecule has 8 heteroatoms. The number of fused-ring (bicyclic) bond motifs is 1. The summed E-state index contributed by atoms with van der Waals surface area (Å²) in [6, 6.07) is 13.3. The molecular formula is C26H34N2O5S. The largest absolute Gasteiger partial charge is 0.497 e. The number of benzene rings is 2. The SMILES string of the molecule is COc1ccc2c(c1)C(C)C(C(CCCCSC)Nc1ccc(C(=O)NCCC(=O)O)cc1)O2. The van der Waals surface area contributed by atoms with Crippen LogP contribution in [0.3, 0.4) is 0 Å². The number of carboxylic acids is 1. The van der Waals surface area contributed by atoms with Crippen LogP contribution >= 0.6 is 11.8 Å². The normalized spacial score (nSPS) is 17.4. The van der Waals surface area contributed by atoms with E-state index in [1.54, 1.807) is 19.2 Å². The van der Waals surface area contributed by atoms with Gasteiger partial charge in [0.15, 0.2) is 0 Å². The number of amides is 1. The van der Waals surface area contributed by atoms with Crippen LogP contribution in [0.15, 0.2) is 42.5 Å². The van der Waals surface area contributed by atoms with Crippen molar-refractivity contribution in [3.8, 4) is 11.5 Å². The maximum atomic E-state index is 12.2. The van der Waals surface area contributed by atoms with Crippen LogP contribution in [0.25, 0.3) is 0 Å². The van der Waals surface area contributed by atoms with Gasteiger partial charge in [-0.05, 0) is 67.3 Å². The van der Waals surface area contributed by atoms with Crippen molar-refractivity contribution in [3.63, 3.8) is 0 Å². The minimum absolute atomic E-state index is 0.0182. The second-order valence-electron chi connectivity index (χ2n) is 8.49. The van der Waals surface area contributed by atoms with E-state index in [4.69, 9.17) is 14.6 Å². The maximum absolute atomic E-state index is 12.2. The average Bonchev–Trinajstić information content (AvgIpc) is 3.16. The predicted molar refractivity (Wildman–Crippen MR) is 136 cm³/mol. The molecule has 0 radical (unpaired) electrons. The lowest BCUT2D eigenvalue weighted by molar-refractivity contribution is -0.136. The molecule has 0 bridgehead atoms. The molecule has 7 nitrogen and oxygen atoms in total. The molecule has 0 saturated carbocycles. The first kappa shape index (κ1) is 25.7. The molecule has 0 saturated heterocycles. The van der Waals surface area contributed by atoms with Crippen molar-refractivity contribution in [1.82, 2.24) is 5.32 Å². The van der Waals surface area contributed by atoms with Gasteiger partial charge >= 0.3 is 5.97 Å². The third-order valence-electron chi connectivity index (χ3n) is 6.10. The van der Waals surface area contributed by atoms with E-state index in [1.807, 2.05) is 36.0 Å². The second kappa shape index (κ2) is 12.6. The zero-order valence-electron chi connectivity index (χ0n) is 20.0. The number of hydrogen-bond donors (Lipinski definition) is 3. The van der Waals surface area contributed by atoms with Crippen molar-refractivity contribution in [2.75, 3.05) is 31.0 Å². The monoisotopic (exact) mass is 486 g/mol. The van der Waals surface area contributed by atoms with E-state index in [0.717, 1.165) is 47.8 Å². The quantitative estimate of drug-likeness (QED) is 0.351. The molecule has 0 fully saturated rings. The molecule has 0 aliphatic carbocycles. The summed E-state index contributed by atoms with van der Waals surface area (Å²) in [6.45, 7) is 2.30. The van der Waals surface area contributed by atoms with Gasteiger partial charge in [-0.25, -0.2) is 0 Å². The van der Waals surface area contributed by atoms with Gasteiger partial charge in [0.1, 0.15) is 17.6 Å². The number of nitrogens with one attached hydrogen (secondary N) is 2. The highest BCUT2D eigenvalue weighted by molar-refractivity contribution is 7.98. The fourth-order valence-corrected chi connectivity index (χ4v) is 4.71. The molecule has 34 heavy (non-hydrogen) atoms. The highest BCUT2D eigenvalue weighted by Gasteiger charge is 2.37. The molecule has 3 atom stereocenters. The Balaban J connectivity index is 1.69. The molecule has 1 amide bonds. The van der Waals surface area contributed by atoms with Crippen LogP contribution in [-0.2, 0) is 4.79 Å². The van der Waals surface area contributed by atoms with Gasteiger partial charge in [0.2, 0.25) is 0 Å². The fraction of sp³-hybridized carbons (Fsp3) is 0.462. The Morgan fingerprint density at radius 1 is 1.18 bits per heavy atom. The standard InChI is InChI=1S/C26H34N2O5S/c1-17-21-16-20(32-2)11-12-23(21)33-25(17)22(6-4-5-15-34-3)28-19-9-7-18(8-10-19)26(31)27-14-13-24(29)30/h7-12,16-17,22,25,28H,4-6,13-15H2,1-3H3,(H,27,31)(H,29,30). The van der Waals surface area contributed by atoms with Crippen molar-refractivity contribution < 1.29 is 24.2 Å². The number of rotatable bonds is 13. The Bertz CT molecular complexity index is 966. The van der Waals surface area contributed by atoms with Crippen LogP contribution in [0.2, 0.25) is 0 Å². The number of thioether (sulfide) groups is 1. The van der Waals surface area contributed by atoms with Crippen LogP contribution in [0.4, 0.5) is 5.69 Å². The lowest BCUT2D eigenvalue weighted by atomic mass is 9.90. The maximum Gasteiger partial charge on any atom is 0.305 e. The number of carbonyl (C=O) groups is 2. The summed E-state index contributed by atoms with van der Waals surface area (Å²) in [6.07, 6.45) is 5.22. The van der Waals surface area contributed by atoms with E-state index >= 15 is 0 Å². The predicted octanol–water partition coefficient (Wildman–Crippen LogP) is 4.78. The number of carbonyl (C=O) groups excluding carboxylic acids is 1. The highest BCUT2D eigenvalue weighted by Crippen LogP contribution is 2.42. The summed E-state index contributed by atoms with van der Waals surface area (Å²) < 4.78 is 11.8. The molecule has 2 aromatic carbocycles. The Morgan fingerprint density at radius 3 is 2.62 bits per heavy atom. The van der Waals surface area contributed by atoms with Gasteiger partial charge in [0.05, 0.1) is 19.6 Å². The first-order valence-corrected chi connectivity index (χ1v) is 13.0. The van der Waals surface area contributed by atoms with Crippen LogP contribution in [0.5, 0.6) is 11.5 Å². The molecule has 1 aliphatic rings. The van der Waals surface area contributed by atoms with Gasteiger partial charge in [-0.2, -0.15) is 11.8 Å². The second-order valence-corrected chi connectivity index (χ2v) is 9.48. The number of aliphatic carboxylic acids is 1. The topological polar surface area (TPSA) is 96.9 Å². The van der Waals surface area contributed by atoms with E-state index < -0.39 is 5.97 Å². The van der Waals surface area contributed by atoms with Crippen LogP contribution < -0.4 is 20.1 Å². The molecule has 3 unspecified atom stereocenters. The van der Waals surface area contributed by atoms with E-state index in [0.29, 0.717) is 5.56 Å². The zero-order chi connectivity index (χ0) is 24.5. The van der Waals surface area contributed by atoms with Crippen molar-refractivity contribution in [3.05, 3.63) is 53.6 Å². The summed E-state index contributed by atoms with van der Waals surface area (Å²) in [5, 5.41) is 15.0. The van der Waals surface area contributed by atoms with E-state index in [2.05, 4.69) is 29.9 Å². The number of methoxy groups -OCH3 is 1. The molecule has 0 aromatic heterocycles. The molecule has 1 aliphatic heterocycles. The summed E-state index contributed by atoms with van der Waals surface area (Å²) in [5.74, 6) is 1.87. The summed E-state index contributed by atoms with van der Waals surface area (Å²) in [4.78, 5) is 22.9. The van der Waals surface area contributed by atoms with Gasteiger partial charge in [-0.1, -0.05) is 13.3 Å². The first-order valence-electron chi connectivity index (χ1n) is 11.6. The molecule has 3 rings (SSSR count). The van der Waals surface area contributed by atoms with Gasteiger partial charge < -0.3 is 25.2 Å². The van der Waals surface area contributed by atoms with Gasteiger partial charge in [-0.3, -0.25) is 9.59 Å². The Morgan fingerprint density at radius 2 is 1.94 bits per heavy atom. The Hall–Kier alpha value is -2.87. The Labute approximate surface area is 205 Å². The minimum Gasteiger partial charge on any atom is -0.497 e. The van der Waals surface area contributed by atoms with E-state index in [-0.39, 0.29) is 36.9 Å². The number of ether oxygens (including phenoxy) is 2. The molecule has 0 spiro atoms. The van der Waals surface area contributed by atoms with Crippen LogP contribution in [-0.4, -0.2) is 54.8 Å². The third kappa shape index (κ3) is 6.82. The smallest absolute Gasteiger partial charge is 0.305 e. The van der Waals surface area contributed by atoms with E-state index in [1.165, 1.54) is 0 Å². The summed E-state index contributed by atoms with van der Waals surface area (Å²) >= 11 is 1.86. The van der Waals surface area contributed by atoms with Crippen molar-refractivity contribution in [2.45, 2.75) is 50.7 Å². The number of unbranched alkanes of at least 4 members (excludes halogenated alkanes) is 1. The molecule has 1 heterocycles. The molecular weight excluding hydrogens is 452 g/mol. The van der Waals surface area contributed by atoms with Crippen molar-refractivity contribution in [2.24, 2.45) is 0 Å². The lowest BCUT2D eigenvalue weighted by Crippen LogP contribution is -2.38. The Kier molecular flexibility index (Phi) is 9.51. The number of anilines is 1. The number of carboxylic acid groups (broad SMARTS) is 1. The van der Waals surface area contributed by atoms with Gasteiger partial charge in [0.25, 0.3) is 5.91 Å². The molecule has 2 aromatic rings. The fourth-order valence-electron chi connectivity index (χ4n) is 4.22. The lowest BCUT2D eigenvalue weighted by Gasteiger charge is -2.28. The average molecular weight is 487 g/mol. The van der Waals surface area contributed by atoms with E-state index in [9.17, 15) is 9.59 Å². The molecule has 3 N–H and O–H groups in total. The summed E-state index contributed by atoms with van der Waals surface area (Å²) in [7, 11) is 1.67. The zero-order valence-corrected chi connectivity index (χ0v) is 20.8. The van der Waals surface area contributed by atoms with Gasteiger partial charge in [-0.15, -0.1) is 0 Å².